The third kappa shape index (κ3) is 2.58. The van der Waals surface area contributed by atoms with Gasteiger partial charge in [-0.25, -0.2) is 0 Å². The Morgan fingerprint density at radius 1 is 0.957 bits per heavy atom. The maximum atomic E-state index is 11.6. The first-order valence-electron chi connectivity index (χ1n) is 9.59. The van der Waals surface area contributed by atoms with Crippen LogP contribution in [0.25, 0.3) is 0 Å². The second-order valence-electron chi connectivity index (χ2n) is 10.2. The lowest BCUT2D eigenvalue weighted by atomic mass is 9.42. The van der Waals surface area contributed by atoms with Gasteiger partial charge in [-0.1, -0.05) is 34.1 Å². The summed E-state index contributed by atoms with van der Waals surface area (Å²) in [4.78, 5) is 0. The number of aliphatic hydroxyl groups is 3. The molecule has 134 valence electrons. The van der Waals surface area contributed by atoms with Crippen molar-refractivity contribution in [2.75, 3.05) is 6.61 Å². The summed E-state index contributed by atoms with van der Waals surface area (Å²) in [6.45, 7) is 9.10. The van der Waals surface area contributed by atoms with Crippen LogP contribution in [0.15, 0.2) is 0 Å². The number of hydrogen-bond acceptors (Lipinski definition) is 3. The lowest BCUT2D eigenvalue weighted by molar-refractivity contribution is -0.219. The Hall–Kier alpha value is -0.120. The van der Waals surface area contributed by atoms with E-state index in [2.05, 4.69) is 20.8 Å². The number of fused-ring (bicyclic) bond motifs is 3. The third-order valence-corrected chi connectivity index (χ3v) is 8.28. The van der Waals surface area contributed by atoms with E-state index in [1.54, 1.807) is 0 Å². The van der Waals surface area contributed by atoms with Gasteiger partial charge in [0.15, 0.2) is 0 Å². The van der Waals surface area contributed by atoms with Crippen LogP contribution in [0.1, 0.15) is 79.1 Å². The molecule has 3 heteroatoms. The van der Waals surface area contributed by atoms with Crippen LogP contribution in [0.5, 0.6) is 0 Å². The summed E-state index contributed by atoms with van der Waals surface area (Å²) in [5.41, 5.74) is -0.421. The first-order valence-corrected chi connectivity index (χ1v) is 9.59. The van der Waals surface area contributed by atoms with Crippen molar-refractivity contribution >= 4 is 0 Å². The largest absolute Gasteiger partial charge is 0.394 e. The molecule has 6 unspecified atom stereocenters. The Kier molecular flexibility index (Phi) is 4.18. The minimum Gasteiger partial charge on any atom is -0.394 e. The minimum absolute atomic E-state index is 0.204. The highest BCUT2D eigenvalue weighted by Crippen LogP contribution is 2.66. The zero-order valence-corrected chi connectivity index (χ0v) is 15.4. The van der Waals surface area contributed by atoms with E-state index in [1.165, 1.54) is 19.3 Å². The van der Waals surface area contributed by atoms with Gasteiger partial charge in [-0.2, -0.15) is 0 Å². The van der Waals surface area contributed by atoms with Crippen LogP contribution in [0.3, 0.4) is 0 Å². The first kappa shape index (κ1) is 17.7. The molecule has 0 spiro atoms. The van der Waals surface area contributed by atoms with Crippen molar-refractivity contribution in [2.45, 2.75) is 90.8 Å². The van der Waals surface area contributed by atoms with Crippen molar-refractivity contribution in [1.29, 1.82) is 0 Å². The quantitative estimate of drug-likeness (QED) is 0.728. The molecule has 0 aromatic carbocycles. The minimum atomic E-state index is -0.721. The maximum absolute atomic E-state index is 11.6. The molecule has 0 bridgehead atoms. The van der Waals surface area contributed by atoms with Gasteiger partial charge in [0.2, 0.25) is 0 Å². The molecular formula is C20H36O3. The molecule has 0 saturated heterocycles. The summed E-state index contributed by atoms with van der Waals surface area (Å²) in [5, 5.41) is 31.2. The monoisotopic (exact) mass is 324 g/mol. The van der Waals surface area contributed by atoms with E-state index >= 15 is 0 Å². The van der Waals surface area contributed by atoms with Crippen LogP contribution in [0.2, 0.25) is 0 Å². The molecule has 3 saturated carbocycles. The number of rotatable bonds is 2. The Labute approximate surface area is 141 Å². The molecule has 6 atom stereocenters. The van der Waals surface area contributed by atoms with Gasteiger partial charge in [-0.3, -0.25) is 0 Å². The van der Waals surface area contributed by atoms with Gasteiger partial charge in [0, 0.05) is 0 Å². The molecule has 0 heterocycles. The van der Waals surface area contributed by atoms with Crippen molar-refractivity contribution in [1.82, 2.24) is 0 Å². The number of aliphatic hydroxyl groups excluding tert-OH is 2. The van der Waals surface area contributed by atoms with Crippen molar-refractivity contribution in [3.05, 3.63) is 0 Å². The Morgan fingerprint density at radius 2 is 1.61 bits per heavy atom. The summed E-state index contributed by atoms with van der Waals surface area (Å²) in [7, 11) is 0. The summed E-state index contributed by atoms with van der Waals surface area (Å²) in [6, 6.07) is 0. The van der Waals surface area contributed by atoms with Crippen LogP contribution >= 0.6 is 0 Å². The molecular weight excluding hydrogens is 288 g/mol. The Morgan fingerprint density at radius 3 is 2.26 bits per heavy atom. The van der Waals surface area contributed by atoms with Gasteiger partial charge in [0.1, 0.15) is 0 Å². The summed E-state index contributed by atoms with van der Waals surface area (Å²) < 4.78 is 0. The molecule has 3 aliphatic rings. The van der Waals surface area contributed by atoms with Gasteiger partial charge in [-0.15, -0.1) is 0 Å². The Balaban J connectivity index is 1.90. The van der Waals surface area contributed by atoms with E-state index < -0.39 is 11.7 Å². The summed E-state index contributed by atoms with van der Waals surface area (Å²) in [6.07, 6.45) is 7.56. The maximum Gasteiger partial charge on any atom is 0.0825 e. The van der Waals surface area contributed by atoms with Crippen molar-refractivity contribution in [3.63, 3.8) is 0 Å². The second-order valence-corrected chi connectivity index (χ2v) is 10.2. The van der Waals surface area contributed by atoms with Gasteiger partial charge in [-0.05, 0) is 73.0 Å². The predicted molar refractivity (Wildman–Crippen MR) is 92.0 cm³/mol. The smallest absolute Gasteiger partial charge is 0.0825 e. The molecule has 3 aliphatic carbocycles. The molecule has 0 aromatic rings. The topological polar surface area (TPSA) is 60.7 Å². The van der Waals surface area contributed by atoms with E-state index in [9.17, 15) is 15.3 Å². The van der Waals surface area contributed by atoms with Gasteiger partial charge < -0.3 is 15.3 Å². The van der Waals surface area contributed by atoms with Crippen LogP contribution in [-0.2, 0) is 0 Å². The molecule has 0 aliphatic heterocycles. The van der Waals surface area contributed by atoms with E-state index in [0.29, 0.717) is 23.7 Å². The average molecular weight is 325 g/mol. The van der Waals surface area contributed by atoms with Gasteiger partial charge in [0.05, 0.1) is 18.3 Å². The van der Waals surface area contributed by atoms with Crippen LogP contribution < -0.4 is 0 Å². The molecule has 3 nitrogen and oxygen atoms in total. The fourth-order valence-electron chi connectivity index (χ4n) is 7.06. The summed E-state index contributed by atoms with van der Waals surface area (Å²) in [5.74, 6) is 1.04. The van der Waals surface area contributed by atoms with Crippen molar-refractivity contribution in [2.24, 2.45) is 28.1 Å². The second kappa shape index (κ2) is 5.44. The standard InChI is InChI=1S/C20H36O3/c1-17(2)8-5-9-19(4)14(17)7-11-20(23)13-18(3,16(22)12-21)10-6-15(19)20/h14-16,21-23H,5-13H2,1-4H3. The molecule has 3 rings (SSSR count). The lowest BCUT2D eigenvalue weighted by Crippen LogP contribution is -2.62. The highest BCUT2D eigenvalue weighted by molar-refractivity contribution is 5.12. The molecule has 0 amide bonds. The van der Waals surface area contributed by atoms with Gasteiger partial charge in [0.25, 0.3) is 0 Å². The fraction of sp³-hybridized carbons (Fsp3) is 1.00. The van der Waals surface area contributed by atoms with Crippen LogP contribution in [-0.4, -0.2) is 33.6 Å². The molecule has 23 heavy (non-hydrogen) atoms. The van der Waals surface area contributed by atoms with E-state index in [0.717, 1.165) is 25.7 Å². The highest BCUT2D eigenvalue weighted by Gasteiger charge is 2.62. The van der Waals surface area contributed by atoms with Crippen LogP contribution in [0, 0.1) is 28.1 Å². The predicted octanol–water partition coefficient (Wildman–Crippen LogP) is 3.50. The third-order valence-electron chi connectivity index (χ3n) is 8.28. The Bertz CT molecular complexity index is 462. The molecule has 0 radical (unpaired) electrons. The van der Waals surface area contributed by atoms with E-state index in [1.807, 2.05) is 6.92 Å². The lowest BCUT2D eigenvalue weighted by Gasteiger charge is -2.65. The zero-order valence-electron chi connectivity index (χ0n) is 15.4. The summed E-state index contributed by atoms with van der Waals surface area (Å²) >= 11 is 0. The molecule has 0 aromatic heterocycles. The van der Waals surface area contributed by atoms with Crippen molar-refractivity contribution < 1.29 is 15.3 Å². The normalized spacial score (nSPS) is 50.7. The van der Waals surface area contributed by atoms with Crippen molar-refractivity contribution in [3.8, 4) is 0 Å². The van der Waals surface area contributed by atoms with E-state index in [4.69, 9.17) is 0 Å². The average Bonchev–Trinajstić information content (AvgIpc) is 2.44. The SMILES string of the molecule is CC1(C)CCCC2(C)C1CCC1(O)CC(C)(C(O)CO)CCC12. The number of hydrogen-bond donors (Lipinski definition) is 3. The highest BCUT2D eigenvalue weighted by atomic mass is 16.3. The van der Waals surface area contributed by atoms with Gasteiger partial charge >= 0.3 is 0 Å². The first-order chi connectivity index (χ1) is 10.6. The van der Waals surface area contributed by atoms with E-state index in [-0.39, 0.29) is 17.4 Å². The molecule has 3 fully saturated rings. The fourth-order valence-corrected chi connectivity index (χ4v) is 7.06. The van der Waals surface area contributed by atoms with Crippen LogP contribution in [0.4, 0.5) is 0 Å². The zero-order chi connectivity index (χ0) is 17.1. The molecule has 3 N–H and O–H groups in total.